The number of halogens is 1. The molecule has 1 aromatic heterocycles. The van der Waals surface area contributed by atoms with Gasteiger partial charge in [-0.15, -0.1) is 16.5 Å². The van der Waals surface area contributed by atoms with E-state index < -0.39 is 0 Å². The standard InChI is InChI=1S/C17H21ClN2O2S2/c1-10(2)19(14-8-6-13(18)7-9-14)17(23)20-16(21)15(12(5)22-20)24-11(3)4/h6-11H,1-5H3. The van der Waals surface area contributed by atoms with Crippen LogP contribution in [0.4, 0.5) is 5.69 Å². The van der Waals surface area contributed by atoms with Crippen molar-refractivity contribution < 1.29 is 4.52 Å². The molecule has 2 rings (SSSR count). The van der Waals surface area contributed by atoms with Crippen molar-refractivity contribution in [2.24, 2.45) is 0 Å². The summed E-state index contributed by atoms with van der Waals surface area (Å²) < 4.78 is 6.86. The van der Waals surface area contributed by atoms with Crippen LogP contribution in [0.5, 0.6) is 0 Å². The van der Waals surface area contributed by atoms with Gasteiger partial charge < -0.3 is 9.42 Å². The van der Waals surface area contributed by atoms with Crippen molar-refractivity contribution in [3.63, 3.8) is 0 Å². The smallest absolute Gasteiger partial charge is 0.303 e. The number of anilines is 1. The van der Waals surface area contributed by atoms with Crippen molar-refractivity contribution in [2.75, 3.05) is 4.90 Å². The molecule has 130 valence electrons. The summed E-state index contributed by atoms with van der Waals surface area (Å²) in [5.41, 5.74) is 0.647. The van der Waals surface area contributed by atoms with Crippen molar-refractivity contribution in [3.05, 3.63) is 45.4 Å². The Balaban J connectivity index is 2.45. The van der Waals surface area contributed by atoms with Gasteiger partial charge in [-0.2, -0.15) is 0 Å². The van der Waals surface area contributed by atoms with Gasteiger partial charge in [-0.1, -0.05) is 25.4 Å². The first-order valence-electron chi connectivity index (χ1n) is 7.71. The van der Waals surface area contributed by atoms with Gasteiger partial charge >= 0.3 is 5.56 Å². The number of benzene rings is 1. The van der Waals surface area contributed by atoms with Crippen LogP contribution in [0.1, 0.15) is 33.5 Å². The molecule has 24 heavy (non-hydrogen) atoms. The van der Waals surface area contributed by atoms with Gasteiger partial charge in [0, 0.05) is 22.0 Å². The first-order valence-corrected chi connectivity index (χ1v) is 9.37. The highest BCUT2D eigenvalue weighted by atomic mass is 35.5. The fourth-order valence-electron chi connectivity index (χ4n) is 2.29. The van der Waals surface area contributed by atoms with E-state index >= 15 is 0 Å². The summed E-state index contributed by atoms with van der Waals surface area (Å²) in [6, 6.07) is 7.39. The lowest BCUT2D eigenvalue weighted by molar-refractivity contribution is 0.337. The zero-order chi connectivity index (χ0) is 18.0. The highest BCUT2D eigenvalue weighted by Crippen LogP contribution is 2.25. The maximum atomic E-state index is 12.7. The monoisotopic (exact) mass is 384 g/mol. The van der Waals surface area contributed by atoms with Crippen molar-refractivity contribution in [1.29, 1.82) is 0 Å². The Morgan fingerprint density at radius 1 is 1.25 bits per heavy atom. The summed E-state index contributed by atoms with van der Waals surface area (Å²) in [7, 11) is 0. The molecule has 0 unspecified atom stereocenters. The quantitative estimate of drug-likeness (QED) is 0.550. The van der Waals surface area contributed by atoms with Gasteiger partial charge in [0.05, 0.1) is 0 Å². The molecular weight excluding hydrogens is 364 g/mol. The molecule has 0 aliphatic carbocycles. The van der Waals surface area contributed by atoms with E-state index in [0.717, 1.165) is 5.69 Å². The maximum absolute atomic E-state index is 12.7. The molecule has 0 N–H and O–H groups in total. The minimum atomic E-state index is -0.212. The third-order valence-corrected chi connectivity index (χ3v) is 5.06. The number of aryl methyl sites for hydroxylation is 1. The van der Waals surface area contributed by atoms with E-state index in [1.165, 1.54) is 16.5 Å². The lowest BCUT2D eigenvalue weighted by atomic mass is 10.2. The van der Waals surface area contributed by atoms with Crippen molar-refractivity contribution >= 4 is 46.4 Å². The van der Waals surface area contributed by atoms with Crippen molar-refractivity contribution in [2.45, 2.75) is 50.8 Å². The second-order valence-corrected chi connectivity index (χ2v) is 8.35. The highest BCUT2D eigenvalue weighted by molar-refractivity contribution is 7.99. The number of thiocarbonyl (C=S) groups is 1. The second-order valence-electron chi connectivity index (χ2n) is 5.97. The molecule has 0 saturated carbocycles. The molecule has 0 amide bonds. The van der Waals surface area contributed by atoms with E-state index in [4.69, 9.17) is 28.3 Å². The third-order valence-electron chi connectivity index (χ3n) is 3.28. The van der Waals surface area contributed by atoms with Crippen LogP contribution in [0.25, 0.3) is 0 Å². The first kappa shape index (κ1) is 19.1. The average molecular weight is 385 g/mol. The minimum Gasteiger partial charge on any atom is -0.373 e. The minimum absolute atomic E-state index is 0.0529. The molecule has 0 fully saturated rings. The van der Waals surface area contributed by atoms with Crippen LogP contribution >= 0.6 is 35.6 Å². The number of hydrogen-bond acceptors (Lipinski definition) is 4. The molecule has 1 heterocycles. The summed E-state index contributed by atoms with van der Waals surface area (Å²) in [5, 5.41) is 1.25. The Kier molecular flexibility index (Phi) is 6.17. The normalized spacial score (nSPS) is 11.3. The van der Waals surface area contributed by atoms with Crippen LogP contribution in [-0.4, -0.2) is 21.1 Å². The largest absolute Gasteiger partial charge is 0.373 e. The lowest BCUT2D eigenvalue weighted by Gasteiger charge is -2.28. The van der Waals surface area contributed by atoms with Crippen LogP contribution < -0.4 is 10.5 Å². The Labute approximate surface area is 156 Å². The van der Waals surface area contributed by atoms with Gasteiger partial charge in [-0.3, -0.25) is 4.79 Å². The van der Waals surface area contributed by atoms with Crippen molar-refractivity contribution in [1.82, 2.24) is 4.74 Å². The zero-order valence-corrected chi connectivity index (χ0v) is 16.8. The molecule has 0 aliphatic heterocycles. The predicted molar refractivity (Wildman–Crippen MR) is 106 cm³/mol. The van der Waals surface area contributed by atoms with E-state index in [1.807, 2.05) is 44.7 Å². The summed E-state index contributed by atoms with van der Waals surface area (Å²) in [6.45, 7) is 9.87. The molecule has 0 radical (unpaired) electrons. The SMILES string of the molecule is Cc1on(C(=S)N(c2ccc(Cl)cc2)C(C)C)c(=O)c1SC(C)C. The van der Waals surface area contributed by atoms with E-state index in [-0.39, 0.29) is 16.9 Å². The van der Waals surface area contributed by atoms with Gasteiger partial charge in [-0.05, 0) is 57.3 Å². The maximum Gasteiger partial charge on any atom is 0.303 e. The van der Waals surface area contributed by atoms with E-state index in [1.54, 1.807) is 19.1 Å². The Bertz CT molecular complexity index is 779. The predicted octanol–water partition coefficient (Wildman–Crippen LogP) is 4.95. The summed E-state index contributed by atoms with van der Waals surface area (Å²) in [6.07, 6.45) is 0. The molecule has 0 spiro atoms. The topological polar surface area (TPSA) is 38.4 Å². The van der Waals surface area contributed by atoms with E-state index in [9.17, 15) is 4.79 Å². The average Bonchev–Trinajstić information content (AvgIpc) is 2.76. The fraction of sp³-hybridized carbons (Fsp3) is 0.412. The molecule has 0 saturated heterocycles. The number of hydrogen-bond donors (Lipinski definition) is 0. The molecule has 2 aromatic rings. The van der Waals surface area contributed by atoms with E-state index in [2.05, 4.69) is 0 Å². The molecular formula is C17H21ClN2O2S2. The number of thioether (sulfide) groups is 1. The second kappa shape index (κ2) is 7.76. The Hall–Kier alpha value is -1.24. The number of aromatic nitrogens is 1. The molecule has 0 bridgehead atoms. The highest BCUT2D eigenvalue weighted by Gasteiger charge is 2.24. The van der Waals surface area contributed by atoms with Crippen LogP contribution in [0.15, 0.2) is 38.5 Å². The van der Waals surface area contributed by atoms with Gasteiger partial charge in [0.2, 0.25) is 5.11 Å². The third kappa shape index (κ3) is 4.05. The van der Waals surface area contributed by atoms with Crippen LogP contribution in [0.3, 0.4) is 0 Å². The zero-order valence-electron chi connectivity index (χ0n) is 14.4. The molecule has 7 heteroatoms. The first-order chi connectivity index (χ1) is 11.2. The van der Waals surface area contributed by atoms with Gasteiger partial charge in [0.15, 0.2) is 0 Å². The van der Waals surface area contributed by atoms with Gasteiger partial charge in [-0.25, -0.2) is 0 Å². The molecule has 0 aliphatic rings. The molecule has 1 aromatic carbocycles. The summed E-state index contributed by atoms with van der Waals surface area (Å²) >= 11 is 13.0. The number of rotatable bonds is 4. The van der Waals surface area contributed by atoms with Gasteiger partial charge in [0.1, 0.15) is 10.7 Å². The summed E-state index contributed by atoms with van der Waals surface area (Å²) in [4.78, 5) is 15.2. The molecule has 4 nitrogen and oxygen atoms in total. The number of nitrogens with zero attached hydrogens (tertiary/aromatic N) is 2. The lowest BCUT2D eigenvalue weighted by Crippen LogP contribution is -2.42. The van der Waals surface area contributed by atoms with Crippen LogP contribution in [-0.2, 0) is 0 Å². The molecule has 0 atom stereocenters. The van der Waals surface area contributed by atoms with Crippen LogP contribution in [0, 0.1) is 6.92 Å². The fourth-order valence-corrected chi connectivity index (χ4v) is 3.71. The Morgan fingerprint density at radius 3 is 2.33 bits per heavy atom. The van der Waals surface area contributed by atoms with Crippen molar-refractivity contribution in [3.8, 4) is 0 Å². The summed E-state index contributed by atoms with van der Waals surface area (Å²) in [5.74, 6) is 0.584. The van der Waals surface area contributed by atoms with E-state index in [0.29, 0.717) is 20.8 Å². The van der Waals surface area contributed by atoms with Crippen LogP contribution in [0.2, 0.25) is 5.02 Å². The Morgan fingerprint density at radius 2 is 1.83 bits per heavy atom. The van der Waals surface area contributed by atoms with Gasteiger partial charge in [0.25, 0.3) is 0 Å².